The van der Waals surface area contributed by atoms with E-state index in [0.29, 0.717) is 19.0 Å². The summed E-state index contributed by atoms with van der Waals surface area (Å²) in [5.74, 6) is 0.716. The Morgan fingerprint density at radius 1 is 1.08 bits per heavy atom. The molecule has 1 aromatic heterocycles. The minimum absolute atomic E-state index is 0.497. The number of aliphatic imine (C=N–C) groups is 1. The molecule has 0 aliphatic carbocycles. The molecule has 1 aromatic carbocycles. The van der Waals surface area contributed by atoms with E-state index in [2.05, 4.69) is 46.6 Å². The van der Waals surface area contributed by atoms with Crippen LogP contribution in [-0.2, 0) is 6.54 Å². The summed E-state index contributed by atoms with van der Waals surface area (Å²) in [4.78, 5) is 9.17. The number of aliphatic hydroxyl groups is 1. The Bertz CT molecular complexity index is 703. The van der Waals surface area contributed by atoms with E-state index in [1.165, 1.54) is 5.39 Å². The van der Waals surface area contributed by atoms with Crippen molar-refractivity contribution >= 4 is 16.7 Å². The van der Waals surface area contributed by atoms with Gasteiger partial charge in [-0.25, -0.2) is 4.99 Å². The molecule has 2 rings (SSSR count). The van der Waals surface area contributed by atoms with Crippen LogP contribution in [0.4, 0.5) is 0 Å². The summed E-state index contributed by atoms with van der Waals surface area (Å²) in [6, 6.07) is 10.2. The molecule has 0 fully saturated rings. The van der Waals surface area contributed by atoms with Crippen molar-refractivity contribution in [2.24, 2.45) is 4.99 Å². The summed E-state index contributed by atoms with van der Waals surface area (Å²) < 4.78 is 0. The minimum Gasteiger partial charge on any atom is -0.388 e. The number of hydrogen-bond donors (Lipinski definition) is 3. The van der Waals surface area contributed by atoms with Gasteiger partial charge in [-0.15, -0.1) is 0 Å². The third-order valence-corrected chi connectivity index (χ3v) is 4.50. The SMILES string of the molecule is CCCC(O)(CCC)CNC(=NCc1nccc2ccccc12)NCC. The lowest BCUT2D eigenvalue weighted by Gasteiger charge is -2.28. The molecule has 0 spiro atoms. The summed E-state index contributed by atoms with van der Waals surface area (Å²) in [6.45, 7) is 8.02. The van der Waals surface area contributed by atoms with Crippen molar-refractivity contribution in [3.8, 4) is 0 Å². The topological polar surface area (TPSA) is 69.5 Å². The van der Waals surface area contributed by atoms with E-state index in [-0.39, 0.29) is 0 Å². The molecule has 2 aromatic rings. The number of benzene rings is 1. The van der Waals surface area contributed by atoms with Gasteiger partial charge in [-0.3, -0.25) is 4.98 Å². The zero-order valence-electron chi connectivity index (χ0n) is 16.3. The summed E-state index contributed by atoms with van der Waals surface area (Å²) >= 11 is 0. The van der Waals surface area contributed by atoms with Gasteiger partial charge in [0.2, 0.25) is 0 Å². The van der Waals surface area contributed by atoms with Crippen LogP contribution in [0.15, 0.2) is 41.5 Å². The maximum absolute atomic E-state index is 10.8. The lowest BCUT2D eigenvalue weighted by atomic mass is 9.93. The Kier molecular flexibility index (Phi) is 7.85. The maximum atomic E-state index is 10.8. The molecule has 0 saturated heterocycles. The van der Waals surface area contributed by atoms with Gasteiger partial charge in [0, 0.05) is 24.7 Å². The number of nitrogens with one attached hydrogen (secondary N) is 2. The van der Waals surface area contributed by atoms with Gasteiger partial charge in [-0.2, -0.15) is 0 Å². The predicted molar refractivity (Wildman–Crippen MR) is 109 cm³/mol. The molecule has 0 atom stereocenters. The lowest BCUT2D eigenvalue weighted by Crippen LogP contribution is -2.47. The minimum atomic E-state index is -0.683. The van der Waals surface area contributed by atoms with Crippen molar-refractivity contribution in [3.63, 3.8) is 0 Å². The van der Waals surface area contributed by atoms with Gasteiger partial charge in [-0.1, -0.05) is 51.0 Å². The van der Waals surface area contributed by atoms with Gasteiger partial charge in [0.05, 0.1) is 17.8 Å². The predicted octanol–water partition coefficient (Wildman–Crippen LogP) is 3.62. The average molecular weight is 357 g/mol. The fourth-order valence-corrected chi connectivity index (χ4v) is 3.28. The van der Waals surface area contributed by atoms with Crippen molar-refractivity contribution in [2.75, 3.05) is 13.1 Å². The Morgan fingerprint density at radius 2 is 1.81 bits per heavy atom. The zero-order valence-corrected chi connectivity index (χ0v) is 16.3. The van der Waals surface area contributed by atoms with Gasteiger partial charge in [0.1, 0.15) is 0 Å². The summed E-state index contributed by atoms with van der Waals surface area (Å²) in [6.07, 6.45) is 5.34. The monoisotopic (exact) mass is 356 g/mol. The number of guanidine groups is 1. The molecule has 26 heavy (non-hydrogen) atoms. The van der Waals surface area contributed by atoms with Crippen LogP contribution in [0, 0.1) is 0 Å². The third kappa shape index (κ3) is 5.70. The standard InChI is InChI=1S/C21H32N4O/c1-4-12-21(26,13-5-2)16-25-20(22-6-3)24-15-19-18-10-8-7-9-17(18)11-14-23-19/h7-11,14,26H,4-6,12-13,15-16H2,1-3H3,(H2,22,24,25). The first-order valence-electron chi connectivity index (χ1n) is 9.69. The molecule has 5 nitrogen and oxygen atoms in total. The highest BCUT2D eigenvalue weighted by Crippen LogP contribution is 2.19. The molecule has 3 N–H and O–H groups in total. The van der Waals surface area contributed by atoms with Crippen molar-refractivity contribution in [1.29, 1.82) is 0 Å². The molecule has 142 valence electrons. The third-order valence-electron chi connectivity index (χ3n) is 4.50. The van der Waals surface area contributed by atoms with Crippen molar-refractivity contribution in [3.05, 3.63) is 42.2 Å². The number of rotatable bonds is 9. The first kappa shape index (κ1) is 20.2. The van der Waals surface area contributed by atoms with E-state index in [9.17, 15) is 5.11 Å². The zero-order chi connectivity index (χ0) is 18.8. The summed E-state index contributed by atoms with van der Waals surface area (Å²) in [7, 11) is 0. The van der Waals surface area contributed by atoms with Crippen LogP contribution in [0.25, 0.3) is 10.8 Å². The summed E-state index contributed by atoms with van der Waals surface area (Å²) in [5, 5.41) is 19.7. The van der Waals surface area contributed by atoms with Crippen LogP contribution in [0.1, 0.15) is 52.1 Å². The number of fused-ring (bicyclic) bond motifs is 1. The largest absolute Gasteiger partial charge is 0.388 e. The Balaban J connectivity index is 2.10. The quantitative estimate of drug-likeness (QED) is 0.474. The lowest BCUT2D eigenvalue weighted by molar-refractivity contribution is 0.0257. The second-order valence-electron chi connectivity index (χ2n) is 6.75. The molecule has 0 radical (unpaired) electrons. The molecule has 0 bridgehead atoms. The molecule has 5 heteroatoms. The van der Waals surface area contributed by atoms with E-state index >= 15 is 0 Å². The Hall–Kier alpha value is -2.14. The molecular formula is C21H32N4O. The van der Waals surface area contributed by atoms with Crippen molar-refractivity contribution < 1.29 is 5.11 Å². The number of pyridine rings is 1. The molecule has 0 saturated carbocycles. The van der Waals surface area contributed by atoms with E-state index in [0.717, 1.165) is 43.3 Å². The van der Waals surface area contributed by atoms with E-state index in [1.54, 1.807) is 0 Å². The maximum Gasteiger partial charge on any atom is 0.191 e. The molecule has 0 aliphatic rings. The van der Waals surface area contributed by atoms with Crippen LogP contribution in [-0.4, -0.2) is 34.7 Å². The molecule has 0 amide bonds. The number of aromatic nitrogens is 1. The first-order chi connectivity index (χ1) is 12.6. The van der Waals surface area contributed by atoms with Crippen molar-refractivity contribution in [1.82, 2.24) is 15.6 Å². The normalized spacial score (nSPS) is 12.4. The second-order valence-corrected chi connectivity index (χ2v) is 6.75. The van der Waals surface area contributed by atoms with E-state index in [1.807, 2.05) is 31.3 Å². The van der Waals surface area contributed by atoms with Crippen LogP contribution in [0.2, 0.25) is 0 Å². The molecule has 0 unspecified atom stereocenters. The molecular weight excluding hydrogens is 324 g/mol. The average Bonchev–Trinajstić information content (AvgIpc) is 2.64. The Labute approximate surface area is 157 Å². The number of hydrogen-bond acceptors (Lipinski definition) is 3. The van der Waals surface area contributed by atoms with Crippen LogP contribution in [0.5, 0.6) is 0 Å². The van der Waals surface area contributed by atoms with Gasteiger partial charge in [0.15, 0.2) is 5.96 Å². The first-order valence-corrected chi connectivity index (χ1v) is 9.69. The van der Waals surface area contributed by atoms with Crippen LogP contribution >= 0.6 is 0 Å². The Morgan fingerprint density at radius 3 is 2.50 bits per heavy atom. The second kappa shape index (κ2) is 10.1. The summed E-state index contributed by atoms with van der Waals surface area (Å²) in [5.41, 5.74) is 0.273. The van der Waals surface area contributed by atoms with E-state index in [4.69, 9.17) is 0 Å². The number of nitrogens with zero attached hydrogens (tertiary/aromatic N) is 2. The highest BCUT2D eigenvalue weighted by atomic mass is 16.3. The van der Waals surface area contributed by atoms with Crippen molar-refractivity contribution in [2.45, 2.75) is 58.6 Å². The van der Waals surface area contributed by atoms with Crippen LogP contribution < -0.4 is 10.6 Å². The van der Waals surface area contributed by atoms with E-state index < -0.39 is 5.60 Å². The highest BCUT2D eigenvalue weighted by molar-refractivity contribution is 5.85. The fraction of sp³-hybridized carbons (Fsp3) is 0.524. The van der Waals surface area contributed by atoms with Gasteiger partial charge < -0.3 is 15.7 Å². The van der Waals surface area contributed by atoms with Gasteiger partial charge >= 0.3 is 0 Å². The highest BCUT2D eigenvalue weighted by Gasteiger charge is 2.24. The van der Waals surface area contributed by atoms with Crippen LogP contribution in [0.3, 0.4) is 0 Å². The smallest absolute Gasteiger partial charge is 0.191 e. The molecule has 1 heterocycles. The van der Waals surface area contributed by atoms with Gasteiger partial charge in [-0.05, 0) is 31.2 Å². The fourth-order valence-electron chi connectivity index (χ4n) is 3.28. The van der Waals surface area contributed by atoms with Gasteiger partial charge in [0.25, 0.3) is 0 Å². The molecule has 0 aliphatic heterocycles.